The molecule has 0 aliphatic rings. The normalized spacial score (nSPS) is 11.3. The van der Waals surface area contributed by atoms with Crippen molar-refractivity contribution in [1.82, 2.24) is 4.98 Å². The molecule has 0 aliphatic heterocycles. The van der Waals surface area contributed by atoms with Crippen molar-refractivity contribution in [2.75, 3.05) is 0 Å². The number of pyridine rings is 1. The first-order chi connectivity index (χ1) is 24.3. The summed E-state index contributed by atoms with van der Waals surface area (Å²) in [5.74, 6) is 0. The second kappa shape index (κ2) is 12.3. The van der Waals surface area contributed by atoms with Crippen LogP contribution in [0.2, 0.25) is 0 Å². The quantitative estimate of drug-likeness (QED) is 0.184. The minimum absolute atomic E-state index is 0.905. The van der Waals surface area contributed by atoms with E-state index in [4.69, 9.17) is 9.40 Å². The average molecular weight is 626 g/mol. The Kier molecular flexibility index (Phi) is 7.18. The molecule has 7 aromatic carbocycles. The van der Waals surface area contributed by atoms with Crippen LogP contribution < -0.4 is 0 Å². The van der Waals surface area contributed by atoms with Gasteiger partial charge < -0.3 is 4.42 Å². The van der Waals surface area contributed by atoms with Gasteiger partial charge in [0.25, 0.3) is 0 Å². The highest BCUT2D eigenvalue weighted by Crippen LogP contribution is 2.39. The number of fused-ring (bicyclic) bond motifs is 3. The maximum atomic E-state index is 6.12. The summed E-state index contributed by atoms with van der Waals surface area (Å²) >= 11 is 0. The Morgan fingerprint density at radius 3 is 1.63 bits per heavy atom. The predicted molar refractivity (Wildman–Crippen MR) is 204 cm³/mol. The van der Waals surface area contributed by atoms with E-state index in [0.717, 1.165) is 66.7 Å². The molecule has 0 saturated heterocycles. The minimum Gasteiger partial charge on any atom is -0.456 e. The molecular formula is C47H31NO. The number of nitrogens with zero attached hydrogens (tertiary/aromatic N) is 1. The summed E-state index contributed by atoms with van der Waals surface area (Å²) in [5, 5.41) is 2.27. The molecule has 0 saturated carbocycles. The summed E-state index contributed by atoms with van der Waals surface area (Å²) in [4.78, 5) is 5.20. The van der Waals surface area contributed by atoms with Crippen LogP contribution in [0.4, 0.5) is 0 Å². The topological polar surface area (TPSA) is 26.0 Å². The van der Waals surface area contributed by atoms with E-state index in [1.165, 1.54) is 22.3 Å². The van der Waals surface area contributed by atoms with Gasteiger partial charge >= 0.3 is 0 Å². The zero-order chi connectivity index (χ0) is 32.6. The van der Waals surface area contributed by atoms with E-state index in [1.54, 1.807) is 0 Å². The van der Waals surface area contributed by atoms with E-state index in [9.17, 15) is 0 Å². The summed E-state index contributed by atoms with van der Waals surface area (Å²) in [6, 6.07) is 66.4. The molecule has 49 heavy (non-hydrogen) atoms. The molecule has 0 radical (unpaired) electrons. The van der Waals surface area contributed by atoms with Crippen LogP contribution in [0.25, 0.3) is 89.0 Å². The van der Waals surface area contributed by atoms with Crippen LogP contribution in [0, 0.1) is 0 Å². The maximum Gasteiger partial charge on any atom is 0.135 e. The Balaban J connectivity index is 1.17. The fourth-order valence-corrected chi connectivity index (χ4v) is 6.82. The summed E-state index contributed by atoms with van der Waals surface area (Å²) in [6.07, 6.45) is 0. The second-order valence-corrected chi connectivity index (χ2v) is 12.4. The number of hydrogen-bond acceptors (Lipinski definition) is 2. The van der Waals surface area contributed by atoms with E-state index in [1.807, 2.05) is 18.2 Å². The Hall–Kier alpha value is -6.51. The molecule has 2 heteroatoms. The van der Waals surface area contributed by atoms with Gasteiger partial charge in [-0.25, -0.2) is 4.98 Å². The van der Waals surface area contributed by atoms with E-state index >= 15 is 0 Å². The number of benzene rings is 7. The predicted octanol–water partition coefficient (Wildman–Crippen LogP) is 13.0. The van der Waals surface area contributed by atoms with Crippen molar-refractivity contribution in [2.45, 2.75) is 0 Å². The molecule has 0 aliphatic carbocycles. The molecule has 0 atom stereocenters. The van der Waals surface area contributed by atoms with Crippen molar-refractivity contribution in [3.63, 3.8) is 0 Å². The van der Waals surface area contributed by atoms with Gasteiger partial charge in [-0.2, -0.15) is 0 Å². The van der Waals surface area contributed by atoms with Crippen molar-refractivity contribution < 1.29 is 4.42 Å². The Labute approximate surface area is 285 Å². The van der Waals surface area contributed by atoms with Gasteiger partial charge in [0.2, 0.25) is 0 Å². The third-order valence-electron chi connectivity index (χ3n) is 9.29. The zero-order valence-electron chi connectivity index (χ0n) is 26.8. The number of furan rings is 1. The van der Waals surface area contributed by atoms with Crippen LogP contribution in [0.5, 0.6) is 0 Å². The van der Waals surface area contributed by atoms with Crippen LogP contribution in [-0.2, 0) is 0 Å². The molecule has 2 nitrogen and oxygen atoms in total. The van der Waals surface area contributed by atoms with Gasteiger partial charge in [-0.05, 0) is 87.0 Å². The van der Waals surface area contributed by atoms with Crippen LogP contribution in [0.3, 0.4) is 0 Å². The van der Waals surface area contributed by atoms with Crippen molar-refractivity contribution >= 4 is 21.9 Å². The van der Waals surface area contributed by atoms with Crippen LogP contribution in [0.1, 0.15) is 0 Å². The van der Waals surface area contributed by atoms with Crippen molar-refractivity contribution in [2.24, 2.45) is 0 Å². The molecule has 9 rings (SSSR count). The molecule has 230 valence electrons. The summed E-state index contributed by atoms with van der Waals surface area (Å²) in [7, 11) is 0. The van der Waals surface area contributed by atoms with Crippen LogP contribution in [0.15, 0.2) is 192 Å². The molecule has 0 spiro atoms. The molecule has 0 unspecified atom stereocenters. The third kappa shape index (κ3) is 5.50. The van der Waals surface area contributed by atoms with Gasteiger partial charge in [0.1, 0.15) is 11.2 Å². The van der Waals surface area contributed by atoms with Gasteiger partial charge in [0.05, 0.1) is 11.4 Å². The van der Waals surface area contributed by atoms with Crippen molar-refractivity contribution in [3.05, 3.63) is 188 Å². The lowest BCUT2D eigenvalue weighted by Crippen LogP contribution is -1.92. The molecule has 0 N–H and O–H groups in total. The molecule has 0 amide bonds. The molecular weight excluding hydrogens is 595 g/mol. The fraction of sp³-hybridized carbons (Fsp3) is 0. The Bertz CT molecular complexity index is 2530. The monoisotopic (exact) mass is 625 g/mol. The van der Waals surface area contributed by atoms with Gasteiger partial charge in [0.15, 0.2) is 0 Å². The first-order valence-corrected chi connectivity index (χ1v) is 16.6. The Morgan fingerprint density at radius 1 is 0.286 bits per heavy atom. The molecule has 2 heterocycles. The lowest BCUT2D eigenvalue weighted by Gasteiger charge is -2.15. The highest BCUT2D eigenvalue weighted by Gasteiger charge is 2.14. The fourth-order valence-electron chi connectivity index (χ4n) is 6.82. The first-order valence-electron chi connectivity index (χ1n) is 16.6. The van der Waals surface area contributed by atoms with Crippen LogP contribution >= 0.6 is 0 Å². The summed E-state index contributed by atoms with van der Waals surface area (Å²) in [6.45, 7) is 0. The van der Waals surface area contributed by atoms with Crippen molar-refractivity contribution in [3.8, 4) is 67.0 Å². The van der Waals surface area contributed by atoms with E-state index in [-0.39, 0.29) is 0 Å². The second-order valence-electron chi connectivity index (χ2n) is 12.4. The van der Waals surface area contributed by atoms with Gasteiger partial charge in [-0.1, -0.05) is 146 Å². The average Bonchev–Trinajstić information content (AvgIpc) is 3.57. The van der Waals surface area contributed by atoms with E-state index in [0.29, 0.717) is 0 Å². The Morgan fingerprint density at radius 2 is 0.857 bits per heavy atom. The lowest BCUT2D eigenvalue weighted by atomic mass is 9.90. The number of aromatic nitrogens is 1. The largest absolute Gasteiger partial charge is 0.456 e. The third-order valence-corrected chi connectivity index (χ3v) is 9.29. The van der Waals surface area contributed by atoms with Gasteiger partial charge in [0, 0.05) is 21.9 Å². The van der Waals surface area contributed by atoms with Gasteiger partial charge in [-0.15, -0.1) is 0 Å². The van der Waals surface area contributed by atoms with E-state index < -0.39 is 0 Å². The summed E-state index contributed by atoms with van der Waals surface area (Å²) in [5.41, 5.74) is 15.2. The minimum atomic E-state index is 0.905. The van der Waals surface area contributed by atoms with Crippen molar-refractivity contribution in [1.29, 1.82) is 0 Å². The van der Waals surface area contributed by atoms with Gasteiger partial charge in [-0.3, -0.25) is 0 Å². The zero-order valence-corrected chi connectivity index (χ0v) is 26.8. The van der Waals surface area contributed by atoms with Crippen LogP contribution in [-0.4, -0.2) is 4.98 Å². The highest BCUT2D eigenvalue weighted by molar-refractivity contribution is 6.06. The summed E-state index contributed by atoms with van der Waals surface area (Å²) < 4.78 is 6.12. The molecule has 9 aromatic rings. The number of para-hydroxylation sites is 1. The lowest BCUT2D eigenvalue weighted by molar-refractivity contribution is 0.669. The number of hydrogen-bond donors (Lipinski definition) is 0. The standard InChI is InChI=1S/C47H31NO/c1-4-13-32(14-5-1)39-30-44(34-17-8-3-9-18-34)48-45(31-39)38-20-12-19-37(27-38)40-25-23-35(28-42(40)33-15-6-2-7-16-33)36-24-26-47-43(29-36)41-21-10-11-22-46(41)49-47/h1-31H. The molecule has 0 bridgehead atoms. The maximum absolute atomic E-state index is 6.12. The SMILES string of the molecule is c1ccc(-c2cc(-c3ccccc3)nc(-c3cccc(-c4ccc(-c5ccc6oc7ccccc7c6c5)cc4-c4ccccc4)c3)c2)cc1. The number of rotatable bonds is 6. The first kappa shape index (κ1) is 28.7. The van der Waals surface area contributed by atoms with E-state index in [2.05, 4.69) is 170 Å². The highest BCUT2D eigenvalue weighted by atomic mass is 16.3. The molecule has 2 aromatic heterocycles. The molecule has 0 fully saturated rings. The smallest absolute Gasteiger partial charge is 0.135 e.